The van der Waals surface area contributed by atoms with Gasteiger partial charge in [-0.05, 0) is 43.0 Å². The number of nitrogens with one attached hydrogen (secondary N) is 1. The summed E-state index contributed by atoms with van der Waals surface area (Å²) in [4.78, 5) is 2.54. The number of hydrogen-bond donors (Lipinski definition) is 1. The molecule has 1 fully saturated rings. The van der Waals surface area contributed by atoms with E-state index in [-0.39, 0.29) is 0 Å². The molecule has 0 bridgehead atoms. The van der Waals surface area contributed by atoms with Crippen LogP contribution in [0, 0.1) is 5.92 Å². The van der Waals surface area contributed by atoms with Crippen molar-refractivity contribution in [2.24, 2.45) is 5.92 Å². The highest BCUT2D eigenvalue weighted by Gasteiger charge is 2.21. The molecular weight excluding hydrogens is 220 g/mol. The zero-order valence-corrected chi connectivity index (χ0v) is 11.8. The predicted octanol–water partition coefficient (Wildman–Crippen LogP) is 3.42. The molecule has 1 aliphatic heterocycles. The fourth-order valence-corrected chi connectivity index (χ4v) is 2.80. The monoisotopic (exact) mass is 246 g/mol. The van der Waals surface area contributed by atoms with Gasteiger partial charge in [-0.2, -0.15) is 0 Å². The van der Waals surface area contributed by atoms with Crippen molar-refractivity contribution in [3.8, 4) is 0 Å². The van der Waals surface area contributed by atoms with Crippen molar-refractivity contribution in [1.82, 2.24) is 5.32 Å². The molecule has 0 aromatic heterocycles. The van der Waals surface area contributed by atoms with E-state index in [4.69, 9.17) is 0 Å². The van der Waals surface area contributed by atoms with Crippen LogP contribution in [0.3, 0.4) is 0 Å². The van der Waals surface area contributed by atoms with Crippen LogP contribution in [-0.2, 0) is 6.54 Å². The smallest absolute Gasteiger partial charge is 0.0366 e. The number of anilines is 1. The minimum absolute atomic E-state index is 0.913. The maximum Gasteiger partial charge on any atom is 0.0366 e. The van der Waals surface area contributed by atoms with Crippen molar-refractivity contribution in [2.45, 2.75) is 39.7 Å². The standard InChI is InChI=1S/C16H26N2/c1-3-5-15-10-11-18(13-15)16-8-6-14(7-9-16)12-17-4-2/h6-9,15,17H,3-5,10-13H2,1-2H3. The fourth-order valence-electron chi connectivity index (χ4n) is 2.80. The van der Waals surface area contributed by atoms with Crippen molar-refractivity contribution in [3.63, 3.8) is 0 Å². The number of benzene rings is 1. The van der Waals surface area contributed by atoms with E-state index in [1.54, 1.807) is 0 Å². The van der Waals surface area contributed by atoms with Crippen LogP contribution in [0.2, 0.25) is 0 Å². The molecule has 1 unspecified atom stereocenters. The highest BCUT2D eigenvalue weighted by molar-refractivity contribution is 5.48. The second-order valence-electron chi connectivity index (χ2n) is 5.34. The third-order valence-corrected chi connectivity index (χ3v) is 3.86. The molecule has 0 saturated carbocycles. The zero-order chi connectivity index (χ0) is 12.8. The Hall–Kier alpha value is -1.02. The molecule has 1 saturated heterocycles. The molecule has 0 radical (unpaired) electrons. The summed E-state index contributed by atoms with van der Waals surface area (Å²) in [5.41, 5.74) is 2.78. The van der Waals surface area contributed by atoms with Gasteiger partial charge in [0.1, 0.15) is 0 Å². The molecule has 0 spiro atoms. The van der Waals surface area contributed by atoms with Crippen LogP contribution >= 0.6 is 0 Å². The summed E-state index contributed by atoms with van der Waals surface area (Å²) in [5, 5.41) is 3.36. The van der Waals surface area contributed by atoms with Crippen LogP contribution in [0.5, 0.6) is 0 Å². The molecule has 1 atom stereocenters. The largest absolute Gasteiger partial charge is 0.371 e. The van der Waals surface area contributed by atoms with Crippen molar-refractivity contribution in [3.05, 3.63) is 29.8 Å². The minimum atomic E-state index is 0.913. The first-order valence-corrected chi connectivity index (χ1v) is 7.38. The first-order chi connectivity index (χ1) is 8.83. The highest BCUT2D eigenvalue weighted by atomic mass is 15.1. The lowest BCUT2D eigenvalue weighted by Gasteiger charge is -2.19. The zero-order valence-electron chi connectivity index (χ0n) is 11.8. The highest BCUT2D eigenvalue weighted by Crippen LogP contribution is 2.26. The lowest BCUT2D eigenvalue weighted by atomic mass is 10.0. The van der Waals surface area contributed by atoms with E-state index in [1.165, 1.54) is 43.6 Å². The maximum atomic E-state index is 3.36. The van der Waals surface area contributed by atoms with Gasteiger partial charge in [0.05, 0.1) is 0 Å². The van der Waals surface area contributed by atoms with Crippen LogP contribution in [-0.4, -0.2) is 19.6 Å². The van der Waals surface area contributed by atoms with Crippen molar-refractivity contribution < 1.29 is 0 Å². The van der Waals surface area contributed by atoms with Crippen LogP contribution in [0.25, 0.3) is 0 Å². The second kappa shape index (κ2) is 6.79. The Kier molecular flexibility index (Phi) is 5.06. The third kappa shape index (κ3) is 3.49. The molecule has 0 amide bonds. The van der Waals surface area contributed by atoms with Gasteiger partial charge in [0, 0.05) is 25.3 Å². The normalized spacial score (nSPS) is 19.4. The van der Waals surface area contributed by atoms with Gasteiger partial charge in [-0.1, -0.05) is 32.4 Å². The van der Waals surface area contributed by atoms with Gasteiger partial charge in [0.15, 0.2) is 0 Å². The summed E-state index contributed by atoms with van der Waals surface area (Å²) in [6, 6.07) is 9.07. The lowest BCUT2D eigenvalue weighted by Crippen LogP contribution is -2.19. The summed E-state index contributed by atoms with van der Waals surface area (Å²) >= 11 is 0. The topological polar surface area (TPSA) is 15.3 Å². The Labute approximate surface area is 111 Å². The molecule has 1 heterocycles. The van der Waals surface area contributed by atoms with Gasteiger partial charge >= 0.3 is 0 Å². The number of rotatable bonds is 6. The third-order valence-electron chi connectivity index (χ3n) is 3.86. The molecule has 1 N–H and O–H groups in total. The minimum Gasteiger partial charge on any atom is -0.371 e. The molecule has 2 heteroatoms. The van der Waals surface area contributed by atoms with Crippen LogP contribution < -0.4 is 10.2 Å². The van der Waals surface area contributed by atoms with Crippen LogP contribution in [0.15, 0.2) is 24.3 Å². The van der Waals surface area contributed by atoms with Crippen LogP contribution in [0.4, 0.5) is 5.69 Å². The van der Waals surface area contributed by atoms with Crippen molar-refractivity contribution in [2.75, 3.05) is 24.5 Å². The lowest BCUT2D eigenvalue weighted by molar-refractivity contribution is 0.530. The van der Waals surface area contributed by atoms with Gasteiger partial charge in [-0.3, -0.25) is 0 Å². The fraction of sp³-hybridized carbons (Fsp3) is 0.625. The summed E-state index contributed by atoms with van der Waals surface area (Å²) in [6.07, 6.45) is 4.07. The molecule has 18 heavy (non-hydrogen) atoms. The summed E-state index contributed by atoms with van der Waals surface area (Å²) < 4.78 is 0. The molecule has 2 nitrogen and oxygen atoms in total. The number of nitrogens with zero attached hydrogens (tertiary/aromatic N) is 1. The Bertz CT molecular complexity index is 345. The predicted molar refractivity (Wildman–Crippen MR) is 79.1 cm³/mol. The van der Waals surface area contributed by atoms with Crippen molar-refractivity contribution in [1.29, 1.82) is 0 Å². The van der Waals surface area contributed by atoms with Gasteiger partial charge in [-0.25, -0.2) is 0 Å². The van der Waals surface area contributed by atoms with E-state index in [1.807, 2.05) is 0 Å². The molecule has 1 aliphatic rings. The van der Waals surface area contributed by atoms with E-state index in [0.29, 0.717) is 0 Å². The molecule has 100 valence electrons. The van der Waals surface area contributed by atoms with Gasteiger partial charge in [0.25, 0.3) is 0 Å². The Morgan fingerprint density at radius 2 is 2.00 bits per heavy atom. The van der Waals surface area contributed by atoms with E-state index in [2.05, 4.69) is 48.3 Å². The second-order valence-corrected chi connectivity index (χ2v) is 5.34. The SMILES string of the molecule is CCCC1CCN(c2ccc(CNCC)cc2)C1. The van der Waals surface area contributed by atoms with E-state index >= 15 is 0 Å². The average Bonchev–Trinajstić information content (AvgIpc) is 2.86. The maximum absolute atomic E-state index is 3.36. The molecular formula is C16H26N2. The van der Waals surface area contributed by atoms with E-state index in [9.17, 15) is 0 Å². The van der Waals surface area contributed by atoms with E-state index < -0.39 is 0 Å². The summed E-state index contributed by atoms with van der Waals surface area (Å²) in [5.74, 6) is 0.913. The van der Waals surface area contributed by atoms with Gasteiger partial charge in [-0.15, -0.1) is 0 Å². The van der Waals surface area contributed by atoms with Crippen molar-refractivity contribution >= 4 is 5.69 Å². The first kappa shape index (κ1) is 13.4. The Balaban J connectivity index is 1.90. The Morgan fingerprint density at radius 1 is 1.22 bits per heavy atom. The molecule has 1 aromatic rings. The summed E-state index contributed by atoms with van der Waals surface area (Å²) in [6.45, 7) is 8.93. The van der Waals surface area contributed by atoms with Crippen LogP contribution in [0.1, 0.15) is 38.7 Å². The molecule has 2 rings (SSSR count). The average molecular weight is 246 g/mol. The van der Waals surface area contributed by atoms with Gasteiger partial charge < -0.3 is 10.2 Å². The van der Waals surface area contributed by atoms with Gasteiger partial charge in [0.2, 0.25) is 0 Å². The van der Waals surface area contributed by atoms with E-state index in [0.717, 1.165) is 19.0 Å². The Morgan fingerprint density at radius 3 is 2.67 bits per heavy atom. The summed E-state index contributed by atoms with van der Waals surface area (Å²) in [7, 11) is 0. The molecule has 0 aliphatic carbocycles. The first-order valence-electron chi connectivity index (χ1n) is 7.38. The number of hydrogen-bond acceptors (Lipinski definition) is 2. The molecule has 1 aromatic carbocycles. The quantitative estimate of drug-likeness (QED) is 0.827.